The summed E-state index contributed by atoms with van der Waals surface area (Å²) in [6.45, 7) is 1.71. The predicted octanol–water partition coefficient (Wildman–Crippen LogP) is 3.11. The van der Waals surface area contributed by atoms with Gasteiger partial charge in [0.15, 0.2) is 16.4 Å². The molecule has 0 aromatic heterocycles. The van der Waals surface area contributed by atoms with Gasteiger partial charge in [-0.05, 0) is 17.7 Å². The fourth-order valence-corrected chi connectivity index (χ4v) is 4.90. The van der Waals surface area contributed by atoms with Crippen molar-refractivity contribution in [3.63, 3.8) is 0 Å². The Morgan fingerprint density at radius 2 is 1.64 bits per heavy atom. The van der Waals surface area contributed by atoms with E-state index in [0.717, 1.165) is 9.87 Å². The first-order valence-corrected chi connectivity index (χ1v) is 9.45. The van der Waals surface area contributed by atoms with Crippen LogP contribution in [0.25, 0.3) is 5.76 Å². The number of para-hydroxylation sites is 1. The zero-order valence-corrected chi connectivity index (χ0v) is 14.7. The monoisotopic (exact) mass is 355 g/mol. The van der Waals surface area contributed by atoms with Crippen molar-refractivity contribution in [3.05, 3.63) is 70.6 Å². The topological polar surface area (TPSA) is 63.7 Å². The van der Waals surface area contributed by atoms with Gasteiger partial charge in [0, 0.05) is 12.6 Å². The zero-order valence-electron chi connectivity index (χ0n) is 13.8. The number of carbonyl (C=O) groups excluding carboxylic acids is 1. The summed E-state index contributed by atoms with van der Waals surface area (Å²) in [6, 6.07) is 16.5. The van der Waals surface area contributed by atoms with Crippen molar-refractivity contribution in [2.45, 2.75) is 13.0 Å². The number of sulfonamides is 1. The molecule has 128 valence electrons. The third-order valence-electron chi connectivity index (χ3n) is 4.78. The quantitative estimate of drug-likeness (QED) is 0.788. The van der Waals surface area contributed by atoms with Gasteiger partial charge in [0.25, 0.3) is 10.0 Å². The molecule has 0 saturated carbocycles. The number of hydrogen-bond acceptors (Lipinski definition) is 4. The molecule has 25 heavy (non-hydrogen) atoms. The second kappa shape index (κ2) is 5.46. The molecule has 2 atom stereocenters. The minimum atomic E-state index is -3.93. The van der Waals surface area contributed by atoms with E-state index >= 15 is 0 Å². The number of ketones is 1. The molecule has 2 heterocycles. The lowest BCUT2D eigenvalue weighted by atomic mass is 9.90. The Balaban J connectivity index is 1.95. The van der Waals surface area contributed by atoms with Crippen molar-refractivity contribution in [2.24, 2.45) is 5.92 Å². The van der Waals surface area contributed by atoms with E-state index in [1.807, 2.05) is 30.3 Å². The molecule has 0 fully saturated rings. The van der Waals surface area contributed by atoms with Crippen molar-refractivity contribution in [3.8, 4) is 0 Å². The number of Topliss-reactive ketones (excluding diaryl/α,β-unsaturated/α-hetero) is 1. The van der Waals surface area contributed by atoms with Gasteiger partial charge in [-0.1, -0.05) is 49.4 Å². The summed E-state index contributed by atoms with van der Waals surface area (Å²) >= 11 is 0. The van der Waals surface area contributed by atoms with Crippen molar-refractivity contribution in [2.75, 3.05) is 11.4 Å². The lowest BCUT2D eigenvalue weighted by Crippen LogP contribution is -2.41. The van der Waals surface area contributed by atoms with Crippen LogP contribution in [0, 0.1) is 5.92 Å². The van der Waals surface area contributed by atoms with Gasteiger partial charge in [-0.2, -0.15) is 0 Å². The molecule has 0 bridgehead atoms. The van der Waals surface area contributed by atoms with Crippen LogP contribution in [0.5, 0.6) is 0 Å². The lowest BCUT2D eigenvalue weighted by Gasteiger charge is -2.37. The summed E-state index contributed by atoms with van der Waals surface area (Å²) in [6.07, 6.45) is -0.515. The normalized spacial score (nSPS) is 24.4. The molecule has 6 heteroatoms. The third-order valence-corrected chi connectivity index (χ3v) is 6.60. The first-order valence-electron chi connectivity index (χ1n) is 8.01. The second-order valence-electron chi connectivity index (χ2n) is 6.25. The maximum Gasteiger partial charge on any atom is 0.271 e. The highest BCUT2D eigenvalue weighted by Crippen LogP contribution is 2.47. The average molecular weight is 355 g/mol. The smallest absolute Gasteiger partial charge is 0.271 e. The van der Waals surface area contributed by atoms with Crippen LogP contribution in [0.2, 0.25) is 0 Å². The number of ether oxygens (including phenoxy) is 1. The number of benzene rings is 2. The highest BCUT2D eigenvalue weighted by Gasteiger charge is 2.47. The van der Waals surface area contributed by atoms with E-state index in [4.69, 9.17) is 4.74 Å². The molecular formula is C19H17NO4S. The first-order chi connectivity index (χ1) is 11.9. The van der Waals surface area contributed by atoms with E-state index in [-0.39, 0.29) is 10.7 Å². The molecule has 5 nitrogen and oxygen atoms in total. The standard InChI is InChI=1S/C19H17NO4S/c1-12-16(21)19-18(24-17(12)13-8-4-3-5-9-13)14-10-6-7-11-15(14)20(2)25(19,22)23/h3-12,17H,1-2H3. The van der Waals surface area contributed by atoms with Gasteiger partial charge in [0.2, 0.25) is 0 Å². The van der Waals surface area contributed by atoms with Gasteiger partial charge < -0.3 is 4.74 Å². The Hall–Kier alpha value is -2.60. The number of rotatable bonds is 1. The van der Waals surface area contributed by atoms with Crippen molar-refractivity contribution in [1.82, 2.24) is 0 Å². The maximum atomic E-state index is 13.0. The Bertz CT molecular complexity index is 995. The minimum absolute atomic E-state index is 0.158. The van der Waals surface area contributed by atoms with E-state index in [1.54, 1.807) is 31.2 Å². The van der Waals surface area contributed by atoms with Crippen LogP contribution in [0.1, 0.15) is 24.2 Å². The molecule has 2 aromatic rings. The molecule has 2 aromatic carbocycles. The number of anilines is 1. The third kappa shape index (κ3) is 2.21. The zero-order chi connectivity index (χ0) is 17.8. The van der Waals surface area contributed by atoms with Crippen molar-refractivity contribution < 1.29 is 17.9 Å². The highest BCUT2D eigenvalue weighted by molar-refractivity contribution is 7.97. The first kappa shape index (κ1) is 15.9. The van der Waals surface area contributed by atoms with Gasteiger partial charge in [0.1, 0.15) is 6.10 Å². The molecule has 0 aliphatic carbocycles. The summed E-state index contributed by atoms with van der Waals surface area (Å²) in [7, 11) is -2.47. The Morgan fingerprint density at radius 1 is 1.00 bits per heavy atom. The second-order valence-corrected chi connectivity index (χ2v) is 8.16. The van der Waals surface area contributed by atoms with E-state index in [9.17, 15) is 13.2 Å². The SMILES string of the molecule is CC1C(=O)C2=C(OC1c1ccccc1)c1ccccc1N(C)S2(=O)=O. The van der Waals surface area contributed by atoms with Crippen LogP contribution in [-0.4, -0.2) is 21.2 Å². The Labute approximate surface area is 146 Å². The van der Waals surface area contributed by atoms with Crippen molar-refractivity contribution in [1.29, 1.82) is 0 Å². The molecule has 2 aliphatic rings. The molecule has 0 saturated heterocycles. The number of carbonyl (C=O) groups is 1. The average Bonchev–Trinajstić information content (AvgIpc) is 2.62. The summed E-state index contributed by atoms with van der Waals surface area (Å²) in [5.41, 5.74) is 1.98. The van der Waals surface area contributed by atoms with Crippen LogP contribution in [0.3, 0.4) is 0 Å². The van der Waals surface area contributed by atoms with Gasteiger partial charge in [-0.25, -0.2) is 8.42 Å². The van der Waals surface area contributed by atoms with Gasteiger partial charge >= 0.3 is 0 Å². The summed E-state index contributed by atoms with van der Waals surface area (Å²) in [5.74, 6) is -0.836. The van der Waals surface area contributed by atoms with Crippen LogP contribution in [-0.2, 0) is 19.6 Å². The Morgan fingerprint density at radius 3 is 2.36 bits per heavy atom. The fourth-order valence-electron chi connectivity index (χ4n) is 3.37. The summed E-state index contributed by atoms with van der Waals surface area (Å²) < 4.78 is 33.0. The van der Waals surface area contributed by atoms with Crippen LogP contribution in [0.4, 0.5) is 5.69 Å². The Kier molecular flexibility index (Phi) is 3.47. The van der Waals surface area contributed by atoms with Gasteiger partial charge in [-0.3, -0.25) is 9.10 Å². The number of hydrogen-bond donors (Lipinski definition) is 0. The number of nitrogens with zero attached hydrogens (tertiary/aromatic N) is 1. The van der Waals surface area contributed by atoms with Gasteiger partial charge in [0.05, 0.1) is 11.6 Å². The van der Waals surface area contributed by atoms with Crippen LogP contribution >= 0.6 is 0 Å². The number of fused-ring (bicyclic) bond motifs is 2. The van der Waals surface area contributed by atoms with E-state index in [2.05, 4.69) is 0 Å². The molecule has 2 unspecified atom stereocenters. The summed E-state index contributed by atoms with van der Waals surface area (Å²) in [5, 5.41) is 0. The van der Waals surface area contributed by atoms with Crippen LogP contribution in [0.15, 0.2) is 59.5 Å². The van der Waals surface area contributed by atoms with Crippen molar-refractivity contribution >= 4 is 27.3 Å². The van der Waals surface area contributed by atoms with Crippen LogP contribution < -0.4 is 4.31 Å². The summed E-state index contributed by atoms with van der Waals surface area (Å²) in [4.78, 5) is 12.7. The molecule has 0 radical (unpaired) electrons. The van der Waals surface area contributed by atoms with E-state index in [1.165, 1.54) is 7.05 Å². The molecule has 0 amide bonds. The predicted molar refractivity (Wildman–Crippen MR) is 95.1 cm³/mol. The number of allylic oxidation sites excluding steroid dienone is 1. The molecular weight excluding hydrogens is 338 g/mol. The molecule has 2 aliphatic heterocycles. The minimum Gasteiger partial charge on any atom is -0.483 e. The maximum absolute atomic E-state index is 13.0. The fraction of sp³-hybridized carbons (Fsp3) is 0.211. The largest absolute Gasteiger partial charge is 0.483 e. The molecule has 0 N–H and O–H groups in total. The molecule has 0 spiro atoms. The van der Waals surface area contributed by atoms with Gasteiger partial charge in [-0.15, -0.1) is 0 Å². The van der Waals surface area contributed by atoms with E-state index < -0.39 is 27.8 Å². The lowest BCUT2D eigenvalue weighted by molar-refractivity contribution is -0.122. The molecule has 4 rings (SSSR count). The van der Waals surface area contributed by atoms with E-state index in [0.29, 0.717) is 11.3 Å². The highest BCUT2D eigenvalue weighted by atomic mass is 32.2.